The van der Waals surface area contributed by atoms with Crippen molar-refractivity contribution in [2.75, 3.05) is 25.5 Å². The zero-order valence-corrected chi connectivity index (χ0v) is 17.3. The summed E-state index contributed by atoms with van der Waals surface area (Å²) in [7, 11) is 4.11. The predicted molar refractivity (Wildman–Crippen MR) is 112 cm³/mol. The molecule has 4 heterocycles. The van der Waals surface area contributed by atoms with E-state index in [1.54, 1.807) is 10.7 Å². The zero-order valence-electron chi connectivity index (χ0n) is 17.3. The van der Waals surface area contributed by atoms with E-state index >= 15 is 0 Å². The Bertz CT molecular complexity index is 1140. The summed E-state index contributed by atoms with van der Waals surface area (Å²) in [4.78, 5) is 14.4. The standard InChI is InChI=1S/C22H26N6O2/c1-26-13-22(6-7-22)18(26)12-30-17-11-23-27(2)20(17)15-5-8-28-16(9-15)10-19(25-28)24-21(29)14-3-4-14/h5,8-11,14,18H,3-4,6-7,12-13H2,1-2H3,(H,24,25,29)/t18-/m0/s1. The van der Waals surface area contributed by atoms with E-state index in [0.717, 1.165) is 35.4 Å². The first-order chi connectivity index (χ1) is 14.5. The number of aromatic nitrogens is 4. The van der Waals surface area contributed by atoms with Crippen LogP contribution in [0.25, 0.3) is 16.8 Å². The Hall–Kier alpha value is -2.87. The third-order valence-electron chi connectivity index (χ3n) is 6.93. The lowest BCUT2D eigenvalue weighted by Crippen LogP contribution is -2.58. The maximum Gasteiger partial charge on any atom is 0.228 e. The maximum atomic E-state index is 12.0. The molecular weight excluding hydrogens is 380 g/mol. The molecule has 3 fully saturated rings. The molecule has 0 radical (unpaired) electrons. The number of nitrogens with zero attached hydrogens (tertiary/aromatic N) is 5. The van der Waals surface area contributed by atoms with E-state index < -0.39 is 0 Å². The summed E-state index contributed by atoms with van der Waals surface area (Å²) < 4.78 is 9.89. The lowest BCUT2D eigenvalue weighted by molar-refractivity contribution is -0.117. The second kappa shape index (κ2) is 6.31. The fraction of sp³-hybridized carbons (Fsp3) is 0.500. The molecular formula is C22H26N6O2. The van der Waals surface area contributed by atoms with E-state index in [4.69, 9.17) is 4.74 Å². The van der Waals surface area contributed by atoms with Gasteiger partial charge in [0, 0.05) is 42.8 Å². The number of ether oxygens (including phenoxy) is 1. The van der Waals surface area contributed by atoms with Crippen LogP contribution in [-0.4, -0.2) is 56.4 Å². The third-order valence-corrected chi connectivity index (χ3v) is 6.93. The van der Waals surface area contributed by atoms with Gasteiger partial charge in [0.25, 0.3) is 0 Å². The van der Waals surface area contributed by atoms with E-state index in [1.807, 2.05) is 30.1 Å². The number of carbonyl (C=O) groups is 1. The molecule has 1 atom stereocenters. The fourth-order valence-corrected chi connectivity index (χ4v) is 4.82. The Kier molecular flexibility index (Phi) is 3.78. The van der Waals surface area contributed by atoms with Crippen LogP contribution in [0, 0.1) is 11.3 Å². The SMILES string of the molecule is CN1CC2(CC2)[C@@H]1COc1cnn(C)c1-c1ccn2nc(NC(=O)C3CC3)cc2c1. The number of likely N-dealkylation sites (N-methyl/N-ethyl adjacent to an activating group) is 1. The summed E-state index contributed by atoms with van der Waals surface area (Å²) in [5, 5.41) is 11.8. The lowest BCUT2D eigenvalue weighted by Gasteiger charge is -2.46. The molecule has 0 bridgehead atoms. The number of nitrogens with one attached hydrogen (secondary N) is 1. The van der Waals surface area contributed by atoms with Gasteiger partial charge in [-0.2, -0.15) is 10.2 Å². The minimum absolute atomic E-state index is 0.0651. The van der Waals surface area contributed by atoms with Gasteiger partial charge < -0.3 is 10.1 Å². The Morgan fingerprint density at radius 1 is 1.30 bits per heavy atom. The quantitative estimate of drug-likeness (QED) is 0.681. The topological polar surface area (TPSA) is 76.7 Å². The number of carbonyl (C=O) groups excluding carboxylic acids is 1. The average molecular weight is 406 g/mol. The van der Waals surface area contributed by atoms with Crippen molar-refractivity contribution < 1.29 is 9.53 Å². The molecule has 3 aromatic heterocycles. The van der Waals surface area contributed by atoms with Crippen LogP contribution >= 0.6 is 0 Å². The second-order valence-electron chi connectivity index (χ2n) is 9.16. The van der Waals surface area contributed by atoms with E-state index in [9.17, 15) is 4.79 Å². The van der Waals surface area contributed by atoms with Crippen molar-refractivity contribution in [2.45, 2.75) is 31.7 Å². The van der Waals surface area contributed by atoms with E-state index in [-0.39, 0.29) is 11.8 Å². The number of fused-ring (bicyclic) bond motifs is 1. The number of hydrogen-bond acceptors (Lipinski definition) is 5. The molecule has 2 saturated carbocycles. The average Bonchev–Trinajstić information content (AvgIpc) is 3.63. The summed E-state index contributed by atoms with van der Waals surface area (Å²) in [6.07, 6.45) is 8.31. The van der Waals surface area contributed by atoms with Crippen LogP contribution in [0.4, 0.5) is 5.82 Å². The third kappa shape index (κ3) is 2.89. The molecule has 30 heavy (non-hydrogen) atoms. The molecule has 1 saturated heterocycles. The van der Waals surface area contributed by atoms with Gasteiger partial charge in [0.1, 0.15) is 12.3 Å². The monoisotopic (exact) mass is 406 g/mol. The normalized spacial score (nSPS) is 22.3. The van der Waals surface area contributed by atoms with Crippen LogP contribution in [0.5, 0.6) is 5.75 Å². The highest BCUT2D eigenvalue weighted by molar-refractivity contribution is 5.93. The summed E-state index contributed by atoms with van der Waals surface area (Å²) in [6, 6.07) is 6.47. The Balaban J connectivity index is 1.24. The molecule has 3 aromatic rings. The van der Waals surface area contributed by atoms with Gasteiger partial charge in [0.2, 0.25) is 5.91 Å². The minimum atomic E-state index is 0.0651. The molecule has 0 unspecified atom stereocenters. The van der Waals surface area contributed by atoms with Crippen LogP contribution in [0.3, 0.4) is 0 Å². The van der Waals surface area contributed by atoms with Gasteiger partial charge in [-0.1, -0.05) is 0 Å². The molecule has 1 aliphatic heterocycles. The van der Waals surface area contributed by atoms with Gasteiger partial charge in [-0.3, -0.25) is 14.4 Å². The maximum absolute atomic E-state index is 12.0. The number of rotatable bonds is 6. The van der Waals surface area contributed by atoms with E-state index in [1.165, 1.54) is 19.4 Å². The van der Waals surface area contributed by atoms with Crippen LogP contribution in [0.2, 0.25) is 0 Å². The first-order valence-corrected chi connectivity index (χ1v) is 10.7. The molecule has 3 aliphatic rings. The summed E-state index contributed by atoms with van der Waals surface area (Å²) in [6.45, 7) is 1.89. The van der Waals surface area contributed by atoms with Crippen LogP contribution in [-0.2, 0) is 11.8 Å². The highest BCUT2D eigenvalue weighted by atomic mass is 16.5. The molecule has 2 aliphatic carbocycles. The number of anilines is 1. The first kappa shape index (κ1) is 17.9. The van der Waals surface area contributed by atoms with Crippen molar-refractivity contribution >= 4 is 17.2 Å². The second-order valence-corrected chi connectivity index (χ2v) is 9.16. The number of hydrogen-bond donors (Lipinski definition) is 1. The van der Waals surface area contributed by atoms with Crippen LogP contribution < -0.4 is 10.1 Å². The molecule has 6 rings (SSSR count). The van der Waals surface area contributed by atoms with Crippen molar-refractivity contribution in [2.24, 2.45) is 18.4 Å². The molecule has 8 nitrogen and oxygen atoms in total. The van der Waals surface area contributed by atoms with Crippen LogP contribution in [0.1, 0.15) is 25.7 Å². The number of likely N-dealkylation sites (tertiary alicyclic amines) is 1. The fourth-order valence-electron chi connectivity index (χ4n) is 4.82. The molecule has 1 N–H and O–H groups in total. The lowest BCUT2D eigenvalue weighted by atomic mass is 9.86. The Labute approximate surface area is 174 Å². The number of pyridine rings is 1. The van der Waals surface area contributed by atoms with Gasteiger partial charge in [-0.15, -0.1) is 0 Å². The summed E-state index contributed by atoms with van der Waals surface area (Å²) in [5.74, 6) is 1.62. The first-order valence-electron chi connectivity index (χ1n) is 10.7. The molecule has 8 heteroatoms. The van der Waals surface area contributed by atoms with Gasteiger partial charge >= 0.3 is 0 Å². The van der Waals surface area contributed by atoms with Crippen molar-refractivity contribution in [1.29, 1.82) is 0 Å². The Morgan fingerprint density at radius 3 is 2.87 bits per heavy atom. The van der Waals surface area contributed by atoms with Crippen molar-refractivity contribution in [3.63, 3.8) is 0 Å². The summed E-state index contributed by atoms with van der Waals surface area (Å²) in [5.41, 5.74) is 3.39. The molecule has 156 valence electrons. The number of amides is 1. The van der Waals surface area contributed by atoms with Crippen molar-refractivity contribution in [3.8, 4) is 17.0 Å². The van der Waals surface area contributed by atoms with Crippen molar-refractivity contribution in [1.82, 2.24) is 24.3 Å². The van der Waals surface area contributed by atoms with Gasteiger partial charge in [-0.25, -0.2) is 4.52 Å². The highest BCUT2D eigenvalue weighted by Gasteiger charge is 2.59. The number of aryl methyl sites for hydroxylation is 1. The van der Waals surface area contributed by atoms with Crippen molar-refractivity contribution in [3.05, 3.63) is 30.6 Å². The van der Waals surface area contributed by atoms with Gasteiger partial charge in [0.15, 0.2) is 11.6 Å². The molecule has 0 aromatic carbocycles. The van der Waals surface area contributed by atoms with E-state index in [2.05, 4.69) is 33.5 Å². The highest BCUT2D eigenvalue weighted by Crippen LogP contribution is 2.57. The Morgan fingerprint density at radius 2 is 2.13 bits per heavy atom. The molecule has 1 spiro atoms. The molecule has 1 amide bonds. The summed E-state index contributed by atoms with van der Waals surface area (Å²) >= 11 is 0. The predicted octanol–water partition coefficient (Wildman–Crippen LogP) is 2.56. The van der Waals surface area contributed by atoms with Gasteiger partial charge in [-0.05, 0) is 44.9 Å². The van der Waals surface area contributed by atoms with Crippen LogP contribution in [0.15, 0.2) is 30.6 Å². The largest absolute Gasteiger partial charge is 0.488 e. The van der Waals surface area contributed by atoms with E-state index in [0.29, 0.717) is 23.9 Å². The smallest absolute Gasteiger partial charge is 0.228 e. The zero-order chi connectivity index (χ0) is 20.5. The minimum Gasteiger partial charge on any atom is -0.488 e. The van der Waals surface area contributed by atoms with Gasteiger partial charge in [0.05, 0.1) is 17.8 Å².